The van der Waals surface area contributed by atoms with Crippen LogP contribution in [0.3, 0.4) is 0 Å². The quantitative estimate of drug-likeness (QED) is 0.475. The molecule has 1 amide bonds. The van der Waals surface area contributed by atoms with Crippen LogP contribution in [-0.2, 0) is 11.4 Å². The Balaban J connectivity index is 1.57. The van der Waals surface area contributed by atoms with Crippen molar-refractivity contribution in [1.82, 2.24) is 14.8 Å². The van der Waals surface area contributed by atoms with Crippen molar-refractivity contribution in [3.05, 3.63) is 52.6 Å². The Morgan fingerprint density at radius 3 is 2.50 bits per heavy atom. The van der Waals surface area contributed by atoms with E-state index in [0.717, 1.165) is 31.4 Å². The molecule has 1 aliphatic rings. The molecule has 4 rings (SSSR count). The van der Waals surface area contributed by atoms with Crippen LogP contribution in [0.4, 0.5) is 5.82 Å². The van der Waals surface area contributed by atoms with Gasteiger partial charge in [0.1, 0.15) is 17.9 Å². The molecule has 1 fully saturated rings. The van der Waals surface area contributed by atoms with Gasteiger partial charge in [-0.15, -0.1) is 16.4 Å². The summed E-state index contributed by atoms with van der Waals surface area (Å²) >= 11 is 1.52. The highest BCUT2D eigenvalue weighted by atomic mass is 32.1. The molecule has 8 nitrogen and oxygen atoms in total. The van der Waals surface area contributed by atoms with E-state index in [9.17, 15) is 14.7 Å². The fourth-order valence-corrected chi connectivity index (χ4v) is 4.84. The number of aromatic nitrogens is 3. The van der Waals surface area contributed by atoms with Crippen LogP contribution in [0.2, 0.25) is 0 Å². The van der Waals surface area contributed by atoms with E-state index in [1.807, 2.05) is 31.4 Å². The third-order valence-electron chi connectivity index (χ3n) is 6.24. The van der Waals surface area contributed by atoms with Crippen molar-refractivity contribution < 1.29 is 19.4 Å². The summed E-state index contributed by atoms with van der Waals surface area (Å²) in [6.45, 7) is 6.37. The first-order chi connectivity index (χ1) is 16.3. The Labute approximate surface area is 203 Å². The molecule has 0 spiro atoms. The minimum atomic E-state index is -1.11. The molecule has 180 valence electrons. The molecule has 1 aliphatic carbocycles. The maximum Gasteiger partial charge on any atom is 0.341 e. The van der Waals surface area contributed by atoms with Crippen molar-refractivity contribution in [3.8, 4) is 11.4 Å². The van der Waals surface area contributed by atoms with Crippen molar-refractivity contribution >= 4 is 29.0 Å². The van der Waals surface area contributed by atoms with Crippen LogP contribution in [0.5, 0.6) is 5.75 Å². The third-order valence-corrected chi connectivity index (χ3v) is 6.88. The largest absolute Gasteiger partial charge is 0.487 e. The van der Waals surface area contributed by atoms with Crippen LogP contribution < -0.4 is 9.64 Å². The molecule has 2 heterocycles. The van der Waals surface area contributed by atoms with Gasteiger partial charge in [0.2, 0.25) is 5.91 Å². The summed E-state index contributed by atoms with van der Waals surface area (Å²) in [6.07, 6.45) is 5.15. The minimum Gasteiger partial charge on any atom is -0.487 e. The van der Waals surface area contributed by atoms with Crippen LogP contribution in [0, 0.1) is 11.8 Å². The number of hydrogen-bond donors (Lipinski definition) is 1. The lowest BCUT2D eigenvalue weighted by atomic mass is 9.82. The summed E-state index contributed by atoms with van der Waals surface area (Å²) in [7, 11) is 0. The van der Waals surface area contributed by atoms with Crippen LogP contribution in [0.25, 0.3) is 5.69 Å². The van der Waals surface area contributed by atoms with Gasteiger partial charge in [-0.2, -0.15) is 0 Å². The Morgan fingerprint density at radius 2 is 1.91 bits per heavy atom. The zero-order valence-electron chi connectivity index (χ0n) is 19.7. The molecular weight excluding hydrogens is 452 g/mol. The highest BCUT2D eigenvalue weighted by Crippen LogP contribution is 2.33. The third kappa shape index (κ3) is 5.30. The average molecular weight is 483 g/mol. The fraction of sp³-hybridized carbons (Fsp3) is 0.440. The van der Waals surface area contributed by atoms with Crippen LogP contribution >= 0.6 is 11.3 Å². The molecule has 0 bridgehead atoms. The number of benzene rings is 1. The van der Waals surface area contributed by atoms with E-state index >= 15 is 0 Å². The van der Waals surface area contributed by atoms with Crippen molar-refractivity contribution in [3.63, 3.8) is 0 Å². The first-order valence-electron chi connectivity index (χ1n) is 11.6. The number of carboxylic acids is 1. The fourth-order valence-electron chi connectivity index (χ4n) is 4.29. The van der Waals surface area contributed by atoms with E-state index < -0.39 is 5.97 Å². The second-order valence-corrected chi connectivity index (χ2v) is 9.86. The van der Waals surface area contributed by atoms with Crippen molar-refractivity contribution in [2.24, 2.45) is 11.8 Å². The van der Waals surface area contributed by atoms with Gasteiger partial charge in [0, 0.05) is 23.5 Å². The Bertz CT molecular complexity index is 1120. The number of nitrogens with zero attached hydrogens (tertiary/aromatic N) is 4. The number of rotatable bonds is 8. The molecule has 34 heavy (non-hydrogen) atoms. The number of aromatic carboxylic acids is 1. The number of carbonyl (C=O) groups excluding carboxylic acids is 1. The van der Waals surface area contributed by atoms with Crippen molar-refractivity contribution in [1.29, 1.82) is 0 Å². The van der Waals surface area contributed by atoms with E-state index in [1.165, 1.54) is 22.2 Å². The number of carbonyl (C=O) groups is 2. The molecule has 0 unspecified atom stereocenters. The molecule has 0 aliphatic heterocycles. The normalized spacial score (nSPS) is 18.1. The second kappa shape index (κ2) is 10.4. The molecule has 1 aromatic carbocycles. The van der Waals surface area contributed by atoms with E-state index in [2.05, 4.69) is 17.0 Å². The summed E-state index contributed by atoms with van der Waals surface area (Å²) in [6, 6.07) is 7.01. The number of thiazole rings is 1. The summed E-state index contributed by atoms with van der Waals surface area (Å²) < 4.78 is 7.26. The molecule has 1 saturated carbocycles. The SMILES string of the molecule is CC(C)N(c1nn(-c2ccc(OCc3cscn3)cc2)cc1C(=O)O)C(=O)[C@H]1CC[C@H](C)CC1. The van der Waals surface area contributed by atoms with Gasteiger partial charge in [-0.05, 0) is 69.7 Å². The molecule has 3 aromatic rings. The smallest absolute Gasteiger partial charge is 0.341 e. The van der Waals surface area contributed by atoms with Crippen molar-refractivity contribution in [2.45, 2.75) is 59.1 Å². The van der Waals surface area contributed by atoms with Crippen LogP contribution in [0.15, 0.2) is 41.4 Å². The van der Waals surface area contributed by atoms with Crippen LogP contribution in [0.1, 0.15) is 62.5 Å². The van der Waals surface area contributed by atoms with Gasteiger partial charge in [-0.25, -0.2) is 14.5 Å². The standard InChI is InChI=1S/C25H30N4O4S/c1-16(2)29(24(30)18-6-4-17(3)5-7-18)23-22(25(31)32)12-28(27-23)20-8-10-21(11-9-20)33-13-19-14-34-15-26-19/h8-12,14-18H,4-7,13H2,1-3H3,(H,31,32)/t17-,18-. The molecule has 1 N–H and O–H groups in total. The van der Waals surface area contributed by atoms with Crippen molar-refractivity contribution in [2.75, 3.05) is 4.90 Å². The number of carboxylic acid groups (broad SMARTS) is 1. The Hall–Kier alpha value is -3.20. The molecule has 2 aromatic heterocycles. The lowest BCUT2D eigenvalue weighted by molar-refractivity contribution is -0.123. The van der Waals surface area contributed by atoms with Crippen LogP contribution in [-0.4, -0.2) is 37.8 Å². The summed E-state index contributed by atoms with van der Waals surface area (Å²) in [4.78, 5) is 31.3. The average Bonchev–Trinajstić information content (AvgIpc) is 3.49. The summed E-state index contributed by atoms with van der Waals surface area (Å²) in [5, 5.41) is 16.4. The lowest BCUT2D eigenvalue weighted by Gasteiger charge is -2.32. The van der Waals surface area contributed by atoms with Gasteiger partial charge in [0.05, 0.1) is 16.9 Å². The van der Waals surface area contributed by atoms with Gasteiger partial charge < -0.3 is 9.84 Å². The van der Waals surface area contributed by atoms with Gasteiger partial charge >= 0.3 is 5.97 Å². The van der Waals surface area contributed by atoms with E-state index in [1.54, 1.807) is 22.5 Å². The van der Waals surface area contributed by atoms with Gasteiger partial charge in [0.15, 0.2) is 5.82 Å². The highest BCUT2D eigenvalue weighted by Gasteiger charge is 2.34. The highest BCUT2D eigenvalue weighted by molar-refractivity contribution is 7.07. The predicted molar refractivity (Wildman–Crippen MR) is 131 cm³/mol. The molecule has 0 atom stereocenters. The van der Waals surface area contributed by atoms with E-state index in [4.69, 9.17) is 4.74 Å². The monoisotopic (exact) mass is 482 g/mol. The lowest BCUT2D eigenvalue weighted by Crippen LogP contribution is -2.43. The van der Waals surface area contributed by atoms with E-state index in [0.29, 0.717) is 24.0 Å². The first kappa shape index (κ1) is 23.9. The van der Waals surface area contributed by atoms with Gasteiger partial charge in [-0.3, -0.25) is 9.69 Å². The predicted octanol–water partition coefficient (Wildman–Crippen LogP) is 5.17. The first-order valence-corrected chi connectivity index (χ1v) is 12.5. The second-order valence-electron chi connectivity index (χ2n) is 9.14. The number of hydrogen-bond acceptors (Lipinski definition) is 6. The zero-order valence-corrected chi connectivity index (χ0v) is 20.5. The Morgan fingerprint density at radius 1 is 1.21 bits per heavy atom. The topological polar surface area (TPSA) is 97.6 Å². The molecule has 9 heteroatoms. The molecule has 0 radical (unpaired) electrons. The molecule has 0 saturated heterocycles. The maximum absolute atomic E-state index is 13.4. The van der Waals surface area contributed by atoms with Gasteiger partial charge in [-0.1, -0.05) is 6.92 Å². The number of anilines is 1. The van der Waals surface area contributed by atoms with E-state index in [-0.39, 0.29) is 29.2 Å². The zero-order chi connectivity index (χ0) is 24.2. The minimum absolute atomic E-state index is 0.00934. The number of ether oxygens (including phenoxy) is 1. The maximum atomic E-state index is 13.4. The number of amides is 1. The Kier molecular flexibility index (Phi) is 7.31. The summed E-state index contributed by atoms with van der Waals surface area (Å²) in [5.41, 5.74) is 3.31. The summed E-state index contributed by atoms with van der Waals surface area (Å²) in [5.74, 6) is 0.238. The van der Waals surface area contributed by atoms with Gasteiger partial charge in [0.25, 0.3) is 0 Å². The molecular formula is C25H30N4O4S.